The van der Waals surface area contributed by atoms with Gasteiger partial charge in [0, 0.05) is 66.6 Å². The molecule has 0 radical (unpaired) electrons. The van der Waals surface area contributed by atoms with Gasteiger partial charge in [-0.05, 0) is 67.3 Å². The smallest absolute Gasteiger partial charge is 0.343 e. The largest absolute Gasteiger partial charge is 0.481 e. The zero-order valence-corrected chi connectivity index (χ0v) is 42.8. The van der Waals surface area contributed by atoms with Gasteiger partial charge in [-0.3, -0.25) is 52.8 Å². The molecule has 23 nitrogen and oxygen atoms in total. The number of halogens is 1. The van der Waals surface area contributed by atoms with Crippen LogP contribution in [0.3, 0.4) is 0 Å². The Morgan fingerprint density at radius 3 is 2.26 bits per heavy atom. The van der Waals surface area contributed by atoms with Crippen molar-refractivity contribution in [1.82, 2.24) is 46.4 Å². The number of carboxylic acid groups (broad SMARTS) is 1. The van der Waals surface area contributed by atoms with Crippen molar-refractivity contribution < 1.29 is 67.3 Å². The van der Waals surface area contributed by atoms with E-state index in [9.17, 15) is 63.0 Å². The molecule has 4 aliphatic rings. The molecule has 0 unspecified atom stereocenters. The van der Waals surface area contributed by atoms with E-state index in [1.807, 2.05) is 0 Å². The molecule has 2 aromatic heterocycles. The number of unbranched alkanes of at least 4 members (excludes halogenated alkanes) is 2. The van der Waals surface area contributed by atoms with Crippen molar-refractivity contribution in [3.8, 4) is 11.4 Å². The number of imide groups is 1. The molecule has 4 aromatic rings. The van der Waals surface area contributed by atoms with Crippen LogP contribution in [0.15, 0.2) is 59.4 Å². The van der Waals surface area contributed by atoms with Gasteiger partial charge in [-0.15, -0.1) is 0 Å². The van der Waals surface area contributed by atoms with Crippen LogP contribution in [-0.4, -0.2) is 122 Å². The highest BCUT2D eigenvalue weighted by Crippen LogP contribution is 2.46. The number of cyclic esters (lactones) is 1. The van der Waals surface area contributed by atoms with E-state index < -0.39 is 127 Å². The number of aromatic nitrogens is 2. The number of hydrogen-bond donors (Lipinski definition) is 8. The molecular weight excluding hydrogens is 1020 g/mol. The fraction of sp³-hybridized carbons (Fsp3) is 0.407. The van der Waals surface area contributed by atoms with E-state index >= 15 is 4.39 Å². The van der Waals surface area contributed by atoms with Crippen molar-refractivity contribution in [3.63, 3.8) is 0 Å². The summed E-state index contributed by atoms with van der Waals surface area (Å²) in [6.45, 7) is 1.31. The van der Waals surface area contributed by atoms with E-state index in [0.717, 1.165) is 4.90 Å². The zero-order chi connectivity index (χ0) is 56.0. The number of esters is 1. The second-order valence-electron chi connectivity index (χ2n) is 19.6. The van der Waals surface area contributed by atoms with Gasteiger partial charge >= 0.3 is 11.9 Å². The van der Waals surface area contributed by atoms with Gasteiger partial charge in [0.15, 0.2) is 5.60 Å². The monoisotopic (exact) mass is 1080 g/mol. The first-order chi connectivity index (χ1) is 37.3. The molecular formula is C54H58FN9O14. The third-order valence-corrected chi connectivity index (χ3v) is 14.4. The Hall–Kier alpha value is -8.67. The van der Waals surface area contributed by atoms with E-state index in [4.69, 9.17) is 9.72 Å². The molecule has 1 aliphatic carbocycles. The zero-order valence-electron chi connectivity index (χ0n) is 42.8. The summed E-state index contributed by atoms with van der Waals surface area (Å²) in [5.41, 5.74) is 1.46. The minimum absolute atomic E-state index is 0.00890. The van der Waals surface area contributed by atoms with Crippen molar-refractivity contribution in [2.24, 2.45) is 0 Å². The van der Waals surface area contributed by atoms with Gasteiger partial charge in [0.2, 0.25) is 35.4 Å². The highest BCUT2D eigenvalue weighted by molar-refractivity contribution is 6.12. The number of carbonyl (C=O) groups excluding carboxylic acids is 9. The first-order valence-electron chi connectivity index (χ1n) is 25.6. The summed E-state index contributed by atoms with van der Waals surface area (Å²) in [7, 11) is 0. The SMILES string of the molecule is CC[C@@]1(O)C(=O)OCc2c1cc1n(c2=O)Cc2c-1nc1cc(F)c(C)c3c1c2[C@@H](NC(=O)CNC(=O)[C@H](Cc1ccccc1)NC(=O)CNC(=O)CNC(=O)C[C@@H](CC(=O)O)NC(=O)CCCCCN1C(=O)C=CC1=O)CC3. The fourth-order valence-electron chi connectivity index (χ4n) is 10.3. The summed E-state index contributed by atoms with van der Waals surface area (Å²) in [4.78, 5) is 147. The predicted octanol–water partition coefficient (Wildman–Crippen LogP) is 0.542. The lowest BCUT2D eigenvalue weighted by molar-refractivity contribution is -0.172. The van der Waals surface area contributed by atoms with Gasteiger partial charge in [0.25, 0.3) is 17.4 Å². The molecule has 8 amide bonds. The van der Waals surface area contributed by atoms with Crippen LogP contribution in [0.5, 0.6) is 0 Å². The normalized spacial score (nSPS) is 17.5. The van der Waals surface area contributed by atoms with Crippen molar-refractivity contribution in [2.45, 2.75) is 115 Å². The van der Waals surface area contributed by atoms with Crippen LogP contribution in [0, 0.1) is 12.7 Å². The van der Waals surface area contributed by atoms with Crippen LogP contribution < -0.4 is 37.5 Å². The van der Waals surface area contributed by atoms with Gasteiger partial charge in [-0.25, -0.2) is 14.2 Å². The van der Waals surface area contributed by atoms with Gasteiger partial charge < -0.3 is 51.4 Å². The van der Waals surface area contributed by atoms with Gasteiger partial charge in [0.1, 0.15) is 18.5 Å². The summed E-state index contributed by atoms with van der Waals surface area (Å²) in [5.74, 6) is -7.73. The van der Waals surface area contributed by atoms with E-state index in [1.165, 1.54) is 22.8 Å². The Morgan fingerprint density at radius 2 is 1.54 bits per heavy atom. The second kappa shape index (κ2) is 23.7. The highest BCUT2D eigenvalue weighted by Gasteiger charge is 2.46. The number of ether oxygens (including phenoxy) is 1. The molecule has 8 N–H and O–H groups in total. The number of aryl methyl sites for hydroxylation is 1. The third kappa shape index (κ3) is 12.1. The molecule has 0 saturated heterocycles. The first-order valence-corrected chi connectivity index (χ1v) is 25.6. The predicted molar refractivity (Wildman–Crippen MR) is 273 cm³/mol. The van der Waals surface area contributed by atoms with Gasteiger partial charge in [-0.1, -0.05) is 43.7 Å². The second-order valence-corrected chi connectivity index (χ2v) is 19.6. The summed E-state index contributed by atoms with van der Waals surface area (Å²) in [6.07, 6.45) is 3.16. The standard InChI is InChI=1S/C54H58FN9O14/c1-3-54(77)34-21-39-50-32(26-64(39)52(75)33(34)27-78-53(54)76)49-36(14-13-31-28(2)35(55)22-37(62-50)48(31)49)60-44(69)25-58-51(74)38(18-29-10-6-4-7-11-29)61-43(68)24-57-42(67)23-56-41(66)19-30(20-47(72)73)59-40(65)12-8-5-9-17-63-45(70)15-16-46(63)71/h4,6-7,10-11,15-16,21-22,30,36,38,77H,3,5,8-9,12-14,17-20,23-27H2,1-2H3,(H,56,66)(H,57,67)(H,58,74)(H,59,65)(H,60,69)(H,61,68)(H,72,73)/t30-,36-,38-,54-/m0/s1. The van der Waals surface area contributed by atoms with E-state index in [1.54, 1.807) is 50.2 Å². The molecule has 2 aromatic carbocycles. The Balaban J connectivity index is 0.859. The Bertz CT molecular complexity index is 3230. The lowest BCUT2D eigenvalue weighted by atomic mass is 9.81. The molecule has 24 heteroatoms. The molecule has 5 heterocycles. The lowest BCUT2D eigenvalue weighted by Gasteiger charge is -2.31. The number of aliphatic carboxylic acids is 1. The number of hydrogen-bond acceptors (Lipinski definition) is 14. The van der Waals surface area contributed by atoms with Crippen LogP contribution in [0.1, 0.15) is 103 Å². The number of benzene rings is 2. The minimum Gasteiger partial charge on any atom is -0.481 e. The molecule has 0 spiro atoms. The number of carbonyl (C=O) groups is 10. The number of nitrogens with one attached hydrogen (secondary N) is 6. The maximum absolute atomic E-state index is 15.5. The van der Waals surface area contributed by atoms with E-state index in [-0.39, 0.29) is 55.6 Å². The molecule has 0 bridgehead atoms. The average molecular weight is 1080 g/mol. The van der Waals surface area contributed by atoms with Crippen molar-refractivity contribution >= 4 is 70.1 Å². The maximum Gasteiger partial charge on any atom is 0.343 e. The van der Waals surface area contributed by atoms with Gasteiger partial charge in [0.05, 0.1) is 61.1 Å². The maximum atomic E-state index is 15.5. The number of aliphatic hydroxyl groups is 1. The molecule has 8 rings (SSSR count). The third-order valence-electron chi connectivity index (χ3n) is 14.4. The van der Waals surface area contributed by atoms with E-state index in [0.29, 0.717) is 76.7 Å². The molecule has 4 atom stereocenters. The summed E-state index contributed by atoms with van der Waals surface area (Å²) in [6, 6.07) is 8.44. The fourth-order valence-corrected chi connectivity index (χ4v) is 10.3. The Labute approximate surface area is 444 Å². The summed E-state index contributed by atoms with van der Waals surface area (Å²) < 4.78 is 22.1. The number of amides is 8. The van der Waals surface area contributed by atoms with Crippen LogP contribution in [0.25, 0.3) is 22.3 Å². The summed E-state index contributed by atoms with van der Waals surface area (Å²) in [5, 5.41) is 36.7. The van der Waals surface area contributed by atoms with Crippen molar-refractivity contribution in [1.29, 1.82) is 0 Å². The lowest BCUT2D eigenvalue weighted by Crippen LogP contribution is -2.52. The van der Waals surface area contributed by atoms with Crippen LogP contribution >= 0.6 is 0 Å². The number of pyridine rings is 2. The molecule has 410 valence electrons. The first kappa shape index (κ1) is 55.6. The molecule has 0 fully saturated rings. The van der Waals surface area contributed by atoms with Crippen molar-refractivity contribution in [2.75, 3.05) is 26.2 Å². The minimum atomic E-state index is -2.08. The number of nitrogens with zero attached hydrogens (tertiary/aromatic N) is 3. The topological polar surface area (TPSA) is 331 Å². The highest BCUT2D eigenvalue weighted by atomic mass is 19.1. The van der Waals surface area contributed by atoms with Gasteiger partial charge in [-0.2, -0.15) is 0 Å². The molecule has 0 saturated carbocycles. The average Bonchev–Trinajstić information content (AvgIpc) is 4.10. The Morgan fingerprint density at radius 1 is 0.833 bits per heavy atom. The summed E-state index contributed by atoms with van der Waals surface area (Å²) >= 11 is 0. The van der Waals surface area contributed by atoms with Crippen LogP contribution in [-0.2, 0) is 84.3 Å². The van der Waals surface area contributed by atoms with Crippen molar-refractivity contribution in [3.05, 3.63) is 110 Å². The number of fused-ring (bicyclic) bond motifs is 5. The van der Waals surface area contributed by atoms with Crippen LogP contribution in [0.4, 0.5) is 4.39 Å². The Kier molecular flexibility index (Phi) is 16.9. The number of carboxylic acids is 1. The van der Waals surface area contributed by atoms with E-state index in [2.05, 4.69) is 31.9 Å². The molecule has 3 aliphatic heterocycles. The molecule has 78 heavy (non-hydrogen) atoms. The quantitative estimate of drug-likeness (QED) is 0.0252. The van der Waals surface area contributed by atoms with Crippen LogP contribution in [0.2, 0.25) is 0 Å². The number of rotatable bonds is 23.